The van der Waals surface area contributed by atoms with Gasteiger partial charge in [-0.1, -0.05) is 20.8 Å². The molecule has 0 rings (SSSR count). The van der Waals surface area contributed by atoms with Crippen LogP contribution in [-0.2, 0) is 4.43 Å². The molecule has 0 heterocycles. The summed E-state index contributed by atoms with van der Waals surface area (Å²) in [7, 11) is -1.62. The van der Waals surface area contributed by atoms with Gasteiger partial charge >= 0.3 is 0 Å². The Kier molecular flexibility index (Phi) is 4.38. The summed E-state index contributed by atoms with van der Waals surface area (Å²) in [5, 5.41) is 8.52. The summed E-state index contributed by atoms with van der Waals surface area (Å²) in [6.07, 6.45) is 3.23. The maximum Gasteiger partial charge on any atom is 0.192 e. The van der Waals surface area contributed by atoms with Crippen LogP contribution in [0.15, 0.2) is 12.2 Å². The molecule has 0 atom stereocenters. The number of hydrogen-bond acceptors (Lipinski definition) is 2. The maximum atomic E-state index is 8.27. The topological polar surface area (TPSA) is 33.0 Å². The summed E-state index contributed by atoms with van der Waals surface area (Å²) < 4.78 is 5.80. The molecule has 0 fully saturated rings. The van der Waals surface area contributed by atoms with Crippen LogP contribution in [0.4, 0.5) is 0 Å². The Morgan fingerprint density at radius 3 is 2.31 bits per heavy atom. The molecule has 0 saturated carbocycles. The van der Waals surface area contributed by atoms with E-state index in [-0.39, 0.29) is 5.04 Å². The predicted molar refractivity (Wildman–Crippen MR) is 57.9 cm³/mol. The fourth-order valence-corrected chi connectivity index (χ4v) is 1.52. The van der Waals surface area contributed by atoms with Gasteiger partial charge in [0, 0.05) is 6.08 Å². The maximum absolute atomic E-state index is 8.27. The number of hydrogen-bond donors (Lipinski definition) is 0. The zero-order valence-electron chi connectivity index (χ0n) is 9.22. The predicted octanol–water partition coefficient (Wildman–Crippen LogP) is 3.09. The van der Waals surface area contributed by atoms with Crippen LogP contribution in [0, 0.1) is 11.3 Å². The van der Waals surface area contributed by atoms with Crippen molar-refractivity contribution in [1.29, 1.82) is 5.26 Å². The summed E-state index contributed by atoms with van der Waals surface area (Å²) in [6.45, 7) is 11.6. The number of rotatable bonds is 3. The molecular weight excluding hydrogens is 178 g/mol. The highest BCUT2D eigenvalue weighted by Crippen LogP contribution is 2.36. The quantitative estimate of drug-likeness (QED) is 0.514. The van der Waals surface area contributed by atoms with Crippen molar-refractivity contribution in [1.82, 2.24) is 0 Å². The molecule has 0 aromatic carbocycles. The third kappa shape index (κ3) is 4.25. The Morgan fingerprint density at radius 2 is 1.92 bits per heavy atom. The molecule has 0 aromatic heterocycles. The fraction of sp³-hybridized carbons (Fsp3) is 0.700. The fourth-order valence-electron chi connectivity index (χ4n) is 0.574. The van der Waals surface area contributed by atoms with Gasteiger partial charge in [-0.15, -0.1) is 0 Å². The van der Waals surface area contributed by atoms with E-state index in [9.17, 15) is 0 Å². The Bertz CT molecular complexity index is 220. The van der Waals surface area contributed by atoms with Gasteiger partial charge in [-0.25, -0.2) is 0 Å². The average molecular weight is 197 g/mol. The second-order valence-electron chi connectivity index (χ2n) is 4.60. The Hall–Kier alpha value is -0.593. The van der Waals surface area contributed by atoms with Crippen LogP contribution < -0.4 is 0 Å². The number of allylic oxidation sites excluding steroid dienone is 1. The SMILES string of the molecule is CC(C)(C)[Si](C)(C)OC/C=C/C#N. The highest BCUT2D eigenvalue weighted by atomic mass is 28.4. The summed E-state index contributed by atoms with van der Waals surface area (Å²) >= 11 is 0. The van der Waals surface area contributed by atoms with Crippen molar-refractivity contribution in [3.63, 3.8) is 0 Å². The van der Waals surface area contributed by atoms with Gasteiger partial charge in [0.05, 0.1) is 12.7 Å². The van der Waals surface area contributed by atoms with E-state index >= 15 is 0 Å². The van der Waals surface area contributed by atoms with E-state index in [1.165, 1.54) is 6.08 Å². The van der Waals surface area contributed by atoms with E-state index in [0.717, 1.165) is 0 Å². The van der Waals surface area contributed by atoms with Crippen molar-refractivity contribution in [2.75, 3.05) is 6.61 Å². The molecule has 0 amide bonds. The van der Waals surface area contributed by atoms with Crippen molar-refractivity contribution in [3.8, 4) is 6.07 Å². The summed E-state index contributed by atoms with van der Waals surface area (Å²) in [5.41, 5.74) is 0. The molecule has 0 unspecified atom stereocenters. The lowest BCUT2D eigenvalue weighted by atomic mass is 10.2. The average Bonchev–Trinajstić information content (AvgIpc) is 1.96. The van der Waals surface area contributed by atoms with Gasteiger partial charge in [0.15, 0.2) is 8.32 Å². The van der Waals surface area contributed by atoms with Crippen molar-refractivity contribution in [2.24, 2.45) is 0 Å². The number of nitriles is 1. The zero-order chi connectivity index (χ0) is 10.5. The van der Waals surface area contributed by atoms with Crippen molar-refractivity contribution < 1.29 is 4.43 Å². The molecule has 0 radical (unpaired) electrons. The van der Waals surface area contributed by atoms with Crippen LogP contribution in [0.5, 0.6) is 0 Å². The van der Waals surface area contributed by atoms with Crippen LogP contribution in [0.1, 0.15) is 20.8 Å². The summed E-state index contributed by atoms with van der Waals surface area (Å²) in [5.74, 6) is 0. The van der Waals surface area contributed by atoms with E-state index in [1.54, 1.807) is 6.08 Å². The van der Waals surface area contributed by atoms with Crippen LogP contribution in [0.3, 0.4) is 0 Å². The third-order valence-corrected chi connectivity index (χ3v) is 7.04. The van der Waals surface area contributed by atoms with Crippen LogP contribution in [-0.4, -0.2) is 14.9 Å². The monoisotopic (exact) mass is 197 g/mol. The van der Waals surface area contributed by atoms with Gasteiger partial charge in [0.1, 0.15) is 0 Å². The molecule has 0 aliphatic carbocycles. The van der Waals surface area contributed by atoms with E-state index in [2.05, 4.69) is 33.9 Å². The molecule has 0 aliphatic rings. The molecule has 0 N–H and O–H groups in total. The zero-order valence-corrected chi connectivity index (χ0v) is 10.2. The van der Waals surface area contributed by atoms with Gasteiger partial charge in [0.2, 0.25) is 0 Å². The van der Waals surface area contributed by atoms with Crippen LogP contribution >= 0.6 is 0 Å². The van der Waals surface area contributed by atoms with Crippen LogP contribution in [0.2, 0.25) is 18.1 Å². The first-order chi connectivity index (χ1) is 5.81. The van der Waals surface area contributed by atoms with Crippen molar-refractivity contribution in [2.45, 2.75) is 38.9 Å². The highest BCUT2D eigenvalue weighted by molar-refractivity contribution is 6.74. The Labute approximate surface area is 82.3 Å². The molecule has 0 saturated heterocycles. The third-order valence-electron chi connectivity index (χ3n) is 2.54. The van der Waals surface area contributed by atoms with E-state index in [4.69, 9.17) is 9.69 Å². The minimum Gasteiger partial charge on any atom is -0.413 e. The van der Waals surface area contributed by atoms with Crippen LogP contribution in [0.25, 0.3) is 0 Å². The van der Waals surface area contributed by atoms with E-state index in [1.807, 2.05) is 6.07 Å². The molecule has 0 spiro atoms. The van der Waals surface area contributed by atoms with Gasteiger partial charge in [-0.2, -0.15) is 5.26 Å². The van der Waals surface area contributed by atoms with Crippen molar-refractivity contribution in [3.05, 3.63) is 12.2 Å². The molecular formula is C10H19NOSi. The van der Waals surface area contributed by atoms with Gasteiger partial charge in [-0.3, -0.25) is 0 Å². The van der Waals surface area contributed by atoms with E-state index < -0.39 is 8.32 Å². The lowest BCUT2D eigenvalue weighted by Crippen LogP contribution is -2.40. The lowest BCUT2D eigenvalue weighted by molar-refractivity contribution is 0.328. The second kappa shape index (κ2) is 4.59. The normalized spacial score (nSPS) is 13.2. The molecule has 0 bridgehead atoms. The number of nitrogens with zero attached hydrogens (tertiary/aromatic N) is 1. The first-order valence-electron chi connectivity index (χ1n) is 4.50. The van der Waals surface area contributed by atoms with Crippen molar-refractivity contribution >= 4 is 8.32 Å². The second-order valence-corrected chi connectivity index (χ2v) is 9.41. The van der Waals surface area contributed by atoms with Gasteiger partial charge in [-0.05, 0) is 24.2 Å². The van der Waals surface area contributed by atoms with Gasteiger partial charge in [0.25, 0.3) is 0 Å². The summed E-state index contributed by atoms with van der Waals surface area (Å²) in [6, 6.07) is 1.95. The molecule has 13 heavy (non-hydrogen) atoms. The minimum absolute atomic E-state index is 0.244. The summed E-state index contributed by atoms with van der Waals surface area (Å²) in [4.78, 5) is 0. The standard InChI is InChI=1S/C10H19NOSi/c1-10(2,3)13(4,5)12-9-7-6-8-11/h6-7H,9H2,1-5H3/b7-6+. The lowest BCUT2D eigenvalue weighted by Gasteiger charge is -2.35. The Morgan fingerprint density at radius 1 is 1.38 bits per heavy atom. The molecule has 0 aliphatic heterocycles. The van der Waals surface area contributed by atoms with Gasteiger partial charge < -0.3 is 4.43 Å². The molecule has 74 valence electrons. The first kappa shape index (κ1) is 12.4. The minimum atomic E-state index is -1.62. The molecule has 3 heteroatoms. The first-order valence-corrected chi connectivity index (χ1v) is 7.40. The Balaban J connectivity index is 4.06. The molecule has 2 nitrogen and oxygen atoms in total. The molecule has 0 aromatic rings. The van der Waals surface area contributed by atoms with E-state index in [0.29, 0.717) is 6.61 Å². The highest BCUT2D eigenvalue weighted by Gasteiger charge is 2.36. The largest absolute Gasteiger partial charge is 0.413 e. The smallest absolute Gasteiger partial charge is 0.192 e.